The average molecular weight is 481 g/mol. The van der Waals surface area contributed by atoms with Gasteiger partial charge in [0.1, 0.15) is 0 Å². The van der Waals surface area contributed by atoms with E-state index in [-0.39, 0.29) is 0 Å². The van der Waals surface area contributed by atoms with Crippen LogP contribution < -0.4 is 5.46 Å². The molecule has 0 aliphatic heterocycles. The first-order valence-corrected chi connectivity index (χ1v) is 12.8. The van der Waals surface area contributed by atoms with Gasteiger partial charge >= 0.3 is 7.48 Å². The predicted molar refractivity (Wildman–Crippen MR) is 158 cm³/mol. The molecule has 1 radical (unpaired) electrons. The van der Waals surface area contributed by atoms with E-state index in [1.807, 2.05) is 13.8 Å². The Labute approximate surface area is 219 Å². The van der Waals surface area contributed by atoms with Crippen LogP contribution in [0.1, 0.15) is 27.7 Å². The Kier molecular flexibility index (Phi) is 5.60. The maximum absolute atomic E-state index is 10.5. The third-order valence-electron chi connectivity index (χ3n) is 7.93. The molecular formula is C34H30BO2. The third kappa shape index (κ3) is 4.09. The van der Waals surface area contributed by atoms with Crippen LogP contribution in [0.25, 0.3) is 54.6 Å². The third-order valence-corrected chi connectivity index (χ3v) is 7.93. The number of rotatable bonds is 6. The van der Waals surface area contributed by atoms with Crippen molar-refractivity contribution in [1.82, 2.24) is 0 Å². The SMILES string of the molecule is CC(C)(O)C(C)(C)O[B]c1ccc2ccc3c(-c4cccc(-c5ccccc5)c4)ccc4ccc1c2c43. The van der Waals surface area contributed by atoms with E-state index in [2.05, 4.69) is 103 Å². The quantitative estimate of drug-likeness (QED) is 0.195. The highest BCUT2D eigenvalue weighted by Gasteiger charge is 2.35. The molecule has 2 nitrogen and oxygen atoms in total. The summed E-state index contributed by atoms with van der Waals surface area (Å²) < 4.78 is 6.14. The van der Waals surface area contributed by atoms with Crippen LogP contribution in [-0.4, -0.2) is 23.8 Å². The Morgan fingerprint density at radius 1 is 0.595 bits per heavy atom. The molecule has 6 aromatic rings. The molecule has 0 heterocycles. The standard InChI is InChI=1S/C34H30BO2/c1-33(2,36)34(3,4)37-35-30-20-16-24-14-18-28-27(17-13-23-15-19-29(30)32(24)31(23)28)26-12-8-11-25(21-26)22-9-6-5-7-10-22/h5-21,36H,1-4H3. The van der Waals surface area contributed by atoms with Crippen molar-refractivity contribution in [2.24, 2.45) is 0 Å². The summed E-state index contributed by atoms with van der Waals surface area (Å²) >= 11 is 0. The number of benzene rings is 6. The van der Waals surface area contributed by atoms with Gasteiger partial charge in [-0.15, -0.1) is 0 Å². The molecule has 181 valence electrons. The van der Waals surface area contributed by atoms with Gasteiger partial charge in [0.05, 0.1) is 11.2 Å². The zero-order chi connectivity index (χ0) is 25.8. The van der Waals surface area contributed by atoms with Gasteiger partial charge in [-0.05, 0) is 93.8 Å². The van der Waals surface area contributed by atoms with E-state index in [4.69, 9.17) is 4.65 Å². The van der Waals surface area contributed by atoms with Crippen LogP contribution >= 0.6 is 0 Å². The summed E-state index contributed by atoms with van der Waals surface area (Å²) in [6.07, 6.45) is 0. The van der Waals surface area contributed by atoms with Crippen LogP contribution in [0.5, 0.6) is 0 Å². The Morgan fingerprint density at radius 2 is 1.19 bits per heavy atom. The highest BCUT2D eigenvalue weighted by atomic mass is 16.5. The lowest BCUT2D eigenvalue weighted by Gasteiger charge is -2.37. The summed E-state index contributed by atoms with van der Waals surface area (Å²) in [6.45, 7) is 7.38. The van der Waals surface area contributed by atoms with Crippen molar-refractivity contribution in [3.8, 4) is 22.3 Å². The van der Waals surface area contributed by atoms with Crippen molar-refractivity contribution in [2.75, 3.05) is 0 Å². The highest BCUT2D eigenvalue weighted by Crippen LogP contribution is 2.39. The highest BCUT2D eigenvalue weighted by molar-refractivity contribution is 6.53. The Balaban J connectivity index is 1.50. The zero-order valence-corrected chi connectivity index (χ0v) is 21.7. The topological polar surface area (TPSA) is 29.5 Å². The minimum absolute atomic E-state index is 0.728. The molecule has 1 N–H and O–H groups in total. The second-order valence-electron chi connectivity index (χ2n) is 10.9. The second-order valence-corrected chi connectivity index (χ2v) is 10.9. The monoisotopic (exact) mass is 481 g/mol. The fraction of sp³-hybridized carbons (Fsp3) is 0.176. The van der Waals surface area contributed by atoms with Gasteiger partial charge in [0.15, 0.2) is 0 Å². The van der Waals surface area contributed by atoms with Gasteiger partial charge in [0.2, 0.25) is 0 Å². The lowest BCUT2D eigenvalue weighted by Crippen LogP contribution is -2.49. The predicted octanol–water partition coefficient (Wildman–Crippen LogP) is 7.73. The molecule has 0 spiro atoms. The molecule has 0 aromatic heterocycles. The van der Waals surface area contributed by atoms with Crippen molar-refractivity contribution in [1.29, 1.82) is 0 Å². The van der Waals surface area contributed by atoms with Crippen LogP contribution in [0.3, 0.4) is 0 Å². The molecule has 0 saturated heterocycles. The molecule has 0 bridgehead atoms. The minimum Gasteiger partial charge on any atom is -0.427 e. The molecule has 0 amide bonds. The van der Waals surface area contributed by atoms with Gasteiger partial charge in [0, 0.05) is 0 Å². The van der Waals surface area contributed by atoms with E-state index in [1.54, 1.807) is 21.3 Å². The fourth-order valence-corrected chi connectivity index (χ4v) is 5.03. The number of aliphatic hydroxyl groups is 1. The molecular weight excluding hydrogens is 451 g/mol. The summed E-state index contributed by atoms with van der Waals surface area (Å²) in [5, 5.41) is 17.9. The largest absolute Gasteiger partial charge is 0.427 e. The minimum atomic E-state index is -0.976. The van der Waals surface area contributed by atoms with E-state index in [0.29, 0.717) is 0 Å². The molecule has 0 unspecified atom stereocenters. The first-order chi connectivity index (χ1) is 17.7. The van der Waals surface area contributed by atoms with Gasteiger partial charge in [-0.3, -0.25) is 0 Å². The number of hydrogen-bond donors (Lipinski definition) is 1. The van der Waals surface area contributed by atoms with Crippen molar-refractivity contribution in [2.45, 2.75) is 38.9 Å². The molecule has 6 rings (SSSR count). The molecule has 0 aliphatic carbocycles. The van der Waals surface area contributed by atoms with Crippen LogP contribution in [0, 0.1) is 0 Å². The van der Waals surface area contributed by atoms with Crippen molar-refractivity contribution < 1.29 is 9.76 Å². The molecule has 0 saturated carbocycles. The maximum atomic E-state index is 10.5. The van der Waals surface area contributed by atoms with Crippen LogP contribution in [0.15, 0.2) is 103 Å². The maximum Gasteiger partial charge on any atom is 0.331 e. The first-order valence-electron chi connectivity index (χ1n) is 12.8. The Hall–Kier alpha value is -3.66. The zero-order valence-electron chi connectivity index (χ0n) is 21.7. The Bertz CT molecular complexity index is 1730. The van der Waals surface area contributed by atoms with Crippen LogP contribution in [-0.2, 0) is 4.65 Å². The molecule has 0 fully saturated rings. The average Bonchev–Trinajstić information content (AvgIpc) is 2.90. The van der Waals surface area contributed by atoms with E-state index < -0.39 is 11.2 Å². The van der Waals surface area contributed by atoms with Crippen molar-refractivity contribution in [3.63, 3.8) is 0 Å². The summed E-state index contributed by atoms with van der Waals surface area (Å²) in [6, 6.07) is 36.9. The summed E-state index contributed by atoms with van der Waals surface area (Å²) in [7, 11) is 1.80. The van der Waals surface area contributed by atoms with Gasteiger partial charge in [-0.1, -0.05) is 97.1 Å². The lowest BCUT2D eigenvalue weighted by atomic mass is 9.78. The smallest absolute Gasteiger partial charge is 0.331 e. The van der Waals surface area contributed by atoms with Crippen LogP contribution in [0.2, 0.25) is 0 Å². The van der Waals surface area contributed by atoms with Crippen molar-refractivity contribution >= 4 is 45.3 Å². The van der Waals surface area contributed by atoms with E-state index in [0.717, 1.165) is 10.8 Å². The van der Waals surface area contributed by atoms with Gasteiger partial charge in [-0.2, -0.15) is 0 Å². The van der Waals surface area contributed by atoms with Crippen molar-refractivity contribution in [3.05, 3.63) is 103 Å². The molecule has 3 heteroatoms. The Morgan fingerprint density at radius 3 is 1.92 bits per heavy atom. The van der Waals surface area contributed by atoms with Gasteiger partial charge in [-0.25, -0.2) is 0 Å². The fourth-order valence-electron chi connectivity index (χ4n) is 5.03. The lowest BCUT2D eigenvalue weighted by molar-refractivity contribution is -0.0893. The molecule has 0 aliphatic rings. The molecule has 37 heavy (non-hydrogen) atoms. The molecule has 0 atom stereocenters. The number of hydrogen-bond acceptors (Lipinski definition) is 2. The first kappa shape index (κ1) is 23.7. The summed E-state index contributed by atoms with van der Waals surface area (Å²) in [5.74, 6) is 0. The van der Waals surface area contributed by atoms with E-state index >= 15 is 0 Å². The van der Waals surface area contributed by atoms with Gasteiger partial charge in [0.25, 0.3) is 0 Å². The molecule has 6 aromatic carbocycles. The summed E-state index contributed by atoms with van der Waals surface area (Å²) in [5.41, 5.74) is 4.18. The van der Waals surface area contributed by atoms with E-state index in [1.165, 1.54) is 49.2 Å². The van der Waals surface area contributed by atoms with E-state index in [9.17, 15) is 5.11 Å². The summed E-state index contributed by atoms with van der Waals surface area (Å²) in [4.78, 5) is 0. The normalized spacial score (nSPS) is 12.6. The van der Waals surface area contributed by atoms with Gasteiger partial charge < -0.3 is 9.76 Å². The van der Waals surface area contributed by atoms with Crippen LogP contribution in [0.4, 0.5) is 0 Å². The second kappa shape index (κ2) is 8.73.